The summed E-state index contributed by atoms with van der Waals surface area (Å²) in [6.07, 6.45) is 1.63. The molecular formula is C16H22N2O2. The van der Waals surface area contributed by atoms with Crippen LogP contribution in [0.4, 0.5) is 0 Å². The molecule has 2 N–H and O–H groups in total. The number of nitrogens with zero attached hydrogens (tertiary/aromatic N) is 1. The molecule has 1 heterocycles. The molecule has 2 rings (SSSR count). The third-order valence-electron chi connectivity index (χ3n) is 4.03. The van der Waals surface area contributed by atoms with Crippen LogP contribution in [0.15, 0.2) is 24.3 Å². The number of nitrogens with one attached hydrogen (secondary N) is 1. The molecule has 2 unspecified atom stereocenters. The van der Waals surface area contributed by atoms with Crippen molar-refractivity contribution in [3.05, 3.63) is 35.4 Å². The highest BCUT2D eigenvalue weighted by Crippen LogP contribution is 2.19. The van der Waals surface area contributed by atoms with Crippen LogP contribution < -0.4 is 5.32 Å². The van der Waals surface area contributed by atoms with E-state index >= 15 is 0 Å². The summed E-state index contributed by atoms with van der Waals surface area (Å²) in [5.74, 6) is 0.622. The van der Waals surface area contributed by atoms with Gasteiger partial charge in [-0.2, -0.15) is 5.26 Å². The zero-order chi connectivity index (χ0) is 14.4. The first kappa shape index (κ1) is 15.0. The highest BCUT2D eigenvalue weighted by Gasteiger charge is 2.20. The lowest BCUT2D eigenvalue weighted by molar-refractivity contribution is 0.0537. The molecule has 1 saturated heterocycles. The molecule has 20 heavy (non-hydrogen) atoms. The topological polar surface area (TPSA) is 65.3 Å². The molecule has 0 radical (unpaired) electrons. The van der Waals surface area contributed by atoms with Gasteiger partial charge < -0.3 is 15.2 Å². The molecule has 108 valence electrons. The largest absolute Gasteiger partial charge is 0.387 e. The van der Waals surface area contributed by atoms with E-state index in [4.69, 9.17) is 10.00 Å². The lowest BCUT2D eigenvalue weighted by atomic mass is 9.93. The number of hydrogen-bond acceptors (Lipinski definition) is 4. The molecule has 4 nitrogen and oxygen atoms in total. The first-order valence-electron chi connectivity index (χ1n) is 7.20. The van der Waals surface area contributed by atoms with Gasteiger partial charge in [-0.3, -0.25) is 0 Å². The van der Waals surface area contributed by atoms with Crippen molar-refractivity contribution in [1.29, 1.82) is 5.26 Å². The quantitative estimate of drug-likeness (QED) is 0.862. The molecule has 1 aromatic carbocycles. The van der Waals surface area contributed by atoms with Gasteiger partial charge in [0.15, 0.2) is 0 Å². The molecule has 2 atom stereocenters. The lowest BCUT2D eigenvalue weighted by Crippen LogP contribution is -2.38. The SMILES string of the molecule is CC(NCC(O)c1ccc(C#N)cc1)C1CCOCC1. The van der Waals surface area contributed by atoms with E-state index in [-0.39, 0.29) is 0 Å². The average molecular weight is 274 g/mol. The Bertz CT molecular complexity index is 447. The Morgan fingerprint density at radius 1 is 1.35 bits per heavy atom. The summed E-state index contributed by atoms with van der Waals surface area (Å²) in [4.78, 5) is 0. The minimum absolute atomic E-state index is 0.381. The number of benzene rings is 1. The number of rotatable bonds is 5. The summed E-state index contributed by atoms with van der Waals surface area (Å²) in [6.45, 7) is 4.38. The van der Waals surface area contributed by atoms with E-state index in [2.05, 4.69) is 18.3 Å². The summed E-state index contributed by atoms with van der Waals surface area (Å²) in [7, 11) is 0. The Morgan fingerprint density at radius 3 is 2.60 bits per heavy atom. The summed E-state index contributed by atoms with van der Waals surface area (Å²) in [6, 6.07) is 9.55. The van der Waals surface area contributed by atoms with E-state index in [0.29, 0.717) is 24.1 Å². The zero-order valence-corrected chi connectivity index (χ0v) is 11.9. The van der Waals surface area contributed by atoms with Crippen LogP contribution in [0.2, 0.25) is 0 Å². The monoisotopic (exact) mass is 274 g/mol. The van der Waals surface area contributed by atoms with E-state index in [1.807, 2.05) is 12.1 Å². The predicted molar refractivity (Wildman–Crippen MR) is 77.1 cm³/mol. The van der Waals surface area contributed by atoms with Crippen molar-refractivity contribution in [2.45, 2.75) is 31.9 Å². The van der Waals surface area contributed by atoms with Crippen molar-refractivity contribution < 1.29 is 9.84 Å². The standard InChI is InChI=1S/C16H22N2O2/c1-12(14-6-8-20-9-7-14)18-11-16(19)15-4-2-13(10-17)3-5-15/h2-5,12,14,16,18-19H,6-9,11H2,1H3. The number of aliphatic hydroxyl groups is 1. The second kappa shape index (κ2) is 7.39. The summed E-state index contributed by atoms with van der Waals surface area (Å²) in [5.41, 5.74) is 1.46. The van der Waals surface area contributed by atoms with Crippen LogP contribution in [0, 0.1) is 17.2 Å². The van der Waals surface area contributed by atoms with E-state index in [9.17, 15) is 5.11 Å². The highest BCUT2D eigenvalue weighted by atomic mass is 16.5. The van der Waals surface area contributed by atoms with Gasteiger partial charge in [-0.05, 0) is 43.4 Å². The van der Waals surface area contributed by atoms with Crippen LogP contribution >= 0.6 is 0 Å². The molecule has 0 amide bonds. The molecule has 0 aliphatic carbocycles. The fourth-order valence-corrected chi connectivity index (χ4v) is 2.58. The molecule has 1 aliphatic heterocycles. The van der Waals surface area contributed by atoms with Crippen molar-refractivity contribution in [2.24, 2.45) is 5.92 Å². The minimum Gasteiger partial charge on any atom is -0.387 e. The van der Waals surface area contributed by atoms with E-state index in [0.717, 1.165) is 31.6 Å². The maximum absolute atomic E-state index is 10.2. The van der Waals surface area contributed by atoms with Crippen LogP contribution in [-0.2, 0) is 4.74 Å². The van der Waals surface area contributed by atoms with Crippen LogP contribution in [0.3, 0.4) is 0 Å². The van der Waals surface area contributed by atoms with Crippen molar-refractivity contribution in [2.75, 3.05) is 19.8 Å². The fourth-order valence-electron chi connectivity index (χ4n) is 2.58. The molecule has 1 aliphatic rings. The van der Waals surface area contributed by atoms with E-state index < -0.39 is 6.10 Å². The normalized spacial score (nSPS) is 19.2. The number of hydrogen-bond donors (Lipinski definition) is 2. The third-order valence-corrected chi connectivity index (χ3v) is 4.03. The Hall–Kier alpha value is -1.41. The van der Waals surface area contributed by atoms with Crippen molar-refractivity contribution >= 4 is 0 Å². The summed E-state index contributed by atoms with van der Waals surface area (Å²) < 4.78 is 5.36. The first-order valence-corrected chi connectivity index (χ1v) is 7.20. The number of nitriles is 1. The molecule has 4 heteroatoms. The molecule has 1 aromatic rings. The van der Waals surface area contributed by atoms with Gasteiger partial charge in [-0.25, -0.2) is 0 Å². The van der Waals surface area contributed by atoms with Crippen molar-refractivity contribution in [1.82, 2.24) is 5.32 Å². The smallest absolute Gasteiger partial charge is 0.0991 e. The molecule has 0 spiro atoms. The van der Waals surface area contributed by atoms with Crippen LogP contribution in [0.25, 0.3) is 0 Å². The van der Waals surface area contributed by atoms with Crippen LogP contribution in [0.5, 0.6) is 0 Å². The molecule has 0 aromatic heterocycles. The number of aliphatic hydroxyl groups excluding tert-OH is 1. The lowest BCUT2D eigenvalue weighted by Gasteiger charge is -2.29. The van der Waals surface area contributed by atoms with Gasteiger partial charge in [0, 0.05) is 25.8 Å². The average Bonchev–Trinajstić information content (AvgIpc) is 2.53. The fraction of sp³-hybridized carbons (Fsp3) is 0.562. The minimum atomic E-state index is -0.537. The Kier molecular flexibility index (Phi) is 5.54. The highest BCUT2D eigenvalue weighted by molar-refractivity contribution is 5.32. The summed E-state index contributed by atoms with van der Waals surface area (Å²) in [5, 5.41) is 22.3. The van der Waals surface area contributed by atoms with Gasteiger partial charge in [-0.15, -0.1) is 0 Å². The van der Waals surface area contributed by atoms with Crippen LogP contribution in [0.1, 0.15) is 37.0 Å². The first-order chi connectivity index (χ1) is 9.70. The van der Waals surface area contributed by atoms with Crippen LogP contribution in [-0.4, -0.2) is 30.9 Å². The maximum atomic E-state index is 10.2. The zero-order valence-electron chi connectivity index (χ0n) is 11.9. The second-order valence-electron chi connectivity index (χ2n) is 5.40. The van der Waals surface area contributed by atoms with Gasteiger partial charge in [0.2, 0.25) is 0 Å². The molecule has 0 bridgehead atoms. The predicted octanol–water partition coefficient (Wildman–Crippen LogP) is 2.00. The molecule has 0 saturated carbocycles. The van der Waals surface area contributed by atoms with Crippen molar-refractivity contribution in [3.8, 4) is 6.07 Å². The number of ether oxygens (including phenoxy) is 1. The van der Waals surface area contributed by atoms with Crippen molar-refractivity contribution in [3.63, 3.8) is 0 Å². The second-order valence-corrected chi connectivity index (χ2v) is 5.40. The van der Waals surface area contributed by atoms with E-state index in [1.165, 1.54) is 0 Å². The Morgan fingerprint density at radius 2 is 2.00 bits per heavy atom. The van der Waals surface area contributed by atoms with Gasteiger partial charge in [-0.1, -0.05) is 12.1 Å². The Balaban J connectivity index is 1.81. The summed E-state index contributed by atoms with van der Waals surface area (Å²) >= 11 is 0. The maximum Gasteiger partial charge on any atom is 0.0991 e. The third kappa shape index (κ3) is 4.04. The molecular weight excluding hydrogens is 252 g/mol. The van der Waals surface area contributed by atoms with E-state index in [1.54, 1.807) is 12.1 Å². The van der Waals surface area contributed by atoms with Gasteiger partial charge in [0.05, 0.1) is 17.7 Å². The van der Waals surface area contributed by atoms with Gasteiger partial charge in [0.25, 0.3) is 0 Å². The van der Waals surface area contributed by atoms with Gasteiger partial charge >= 0.3 is 0 Å². The Labute approximate surface area is 120 Å². The molecule has 1 fully saturated rings. The van der Waals surface area contributed by atoms with Gasteiger partial charge in [0.1, 0.15) is 0 Å².